The highest BCUT2D eigenvalue weighted by Gasteiger charge is 2.23. The summed E-state index contributed by atoms with van der Waals surface area (Å²) in [5.41, 5.74) is 1.80. The van der Waals surface area contributed by atoms with Gasteiger partial charge in [-0.15, -0.1) is 5.10 Å². The van der Waals surface area contributed by atoms with Crippen LogP contribution >= 0.6 is 0 Å². The van der Waals surface area contributed by atoms with Crippen LogP contribution in [0.1, 0.15) is 6.42 Å². The Labute approximate surface area is 186 Å². The molecule has 0 bridgehead atoms. The summed E-state index contributed by atoms with van der Waals surface area (Å²) in [5, 5.41) is 27.0. The summed E-state index contributed by atoms with van der Waals surface area (Å²) in [7, 11) is 0. The molecule has 4 heterocycles. The number of non-ortho nitro benzene ring substituents is 1. The number of fused-ring (bicyclic) bond motifs is 5. The number of nitrogens with zero attached hydrogens (tertiary/aromatic N) is 6. The van der Waals surface area contributed by atoms with E-state index in [-0.39, 0.29) is 11.2 Å². The lowest BCUT2D eigenvalue weighted by Gasteiger charge is -2.16. The van der Waals surface area contributed by atoms with Crippen molar-refractivity contribution in [2.24, 2.45) is 0 Å². The molecule has 0 saturated carbocycles. The summed E-state index contributed by atoms with van der Waals surface area (Å²) < 4.78 is 3.13. The standard InChI is InChI=1S/C23H18N6O4/c30-16-11-12-26(13-16)20-10-9-19-24-21-17-3-1-2-4-18(17)23(31)27(22(21)28(19)25-20)14-5-7-15(8-6-14)29(32)33/h1-10,16,30H,11-13H2. The van der Waals surface area contributed by atoms with Crippen LogP contribution in [0.15, 0.2) is 65.5 Å². The lowest BCUT2D eigenvalue weighted by atomic mass is 10.1. The van der Waals surface area contributed by atoms with Gasteiger partial charge in [0.1, 0.15) is 11.3 Å². The minimum atomic E-state index is -0.477. The summed E-state index contributed by atoms with van der Waals surface area (Å²) >= 11 is 0. The molecule has 0 spiro atoms. The molecule has 33 heavy (non-hydrogen) atoms. The Kier molecular flexibility index (Phi) is 4.17. The molecule has 164 valence electrons. The number of benzene rings is 2. The number of aromatic nitrogens is 4. The van der Waals surface area contributed by atoms with Crippen molar-refractivity contribution >= 4 is 39.1 Å². The number of pyridine rings is 1. The molecule has 1 saturated heterocycles. The van der Waals surface area contributed by atoms with Crippen LogP contribution < -0.4 is 10.5 Å². The Balaban J connectivity index is 1.69. The van der Waals surface area contributed by atoms with Crippen molar-refractivity contribution in [2.45, 2.75) is 12.5 Å². The first-order valence-corrected chi connectivity index (χ1v) is 10.5. The quantitative estimate of drug-likeness (QED) is 0.337. The number of hydrogen-bond donors (Lipinski definition) is 1. The lowest BCUT2D eigenvalue weighted by Crippen LogP contribution is -2.23. The fraction of sp³-hybridized carbons (Fsp3) is 0.174. The van der Waals surface area contributed by atoms with Gasteiger partial charge in [-0.25, -0.2) is 4.98 Å². The van der Waals surface area contributed by atoms with Crippen molar-refractivity contribution in [3.05, 3.63) is 81.1 Å². The molecule has 1 aliphatic heterocycles. The van der Waals surface area contributed by atoms with Gasteiger partial charge < -0.3 is 10.0 Å². The van der Waals surface area contributed by atoms with Gasteiger partial charge in [0.15, 0.2) is 11.3 Å². The van der Waals surface area contributed by atoms with Crippen molar-refractivity contribution in [2.75, 3.05) is 18.0 Å². The van der Waals surface area contributed by atoms with Crippen molar-refractivity contribution in [3.8, 4) is 5.69 Å². The zero-order chi connectivity index (χ0) is 22.7. The van der Waals surface area contributed by atoms with Crippen molar-refractivity contribution in [3.63, 3.8) is 0 Å². The van der Waals surface area contributed by atoms with Gasteiger partial charge in [-0.2, -0.15) is 4.52 Å². The molecule has 0 aliphatic carbocycles. The second kappa shape index (κ2) is 7.10. The van der Waals surface area contributed by atoms with Gasteiger partial charge in [0, 0.05) is 36.0 Å². The largest absolute Gasteiger partial charge is 0.391 e. The number of nitro benzene ring substituents is 1. The molecule has 10 nitrogen and oxygen atoms in total. The third-order valence-corrected chi connectivity index (χ3v) is 6.07. The Bertz CT molecular complexity index is 1620. The number of aliphatic hydroxyl groups is 1. The van der Waals surface area contributed by atoms with Gasteiger partial charge in [0.05, 0.1) is 16.7 Å². The molecule has 1 N–H and O–H groups in total. The molecular weight excluding hydrogens is 424 g/mol. The Hall–Kier alpha value is -4.31. The second-order valence-corrected chi connectivity index (χ2v) is 8.09. The van der Waals surface area contributed by atoms with Crippen molar-refractivity contribution in [1.82, 2.24) is 19.2 Å². The summed E-state index contributed by atoms with van der Waals surface area (Å²) in [6.07, 6.45) is 0.270. The first-order valence-electron chi connectivity index (χ1n) is 10.5. The van der Waals surface area contributed by atoms with E-state index in [1.807, 2.05) is 29.2 Å². The molecule has 5 aromatic rings. The van der Waals surface area contributed by atoms with E-state index in [1.54, 1.807) is 28.8 Å². The molecule has 0 amide bonds. The molecule has 2 aromatic carbocycles. The molecule has 1 unspecified atom stereocenters. The average molecular weight is 442 g/mol. The van der Waals surface area contributed by atoms with Crippen LogP contribution in [0.4, 0.5) is 11.5 Å². The number of anilines is 1. The molecule has 1 atom stereocenters. The van der Waals surface area contributed by atoms with Gasteiger partial charge in [-0.3, -0.25) is 19.5 Å². The monoisotopic (exact) mass is 442 g/mol. The maximum absolute atomic E-state index is 13.6. The van der Waals surface area contributed by atoms with Crippen LogP contribution in [0.2, 0.25) is 0 Å². The number of hydrogen-bond acceptors (Lipinski definition) is 7. The van der Waals surface area contributed by atoms with Crippen LogP contribution in [0.25, 0.3) is 33.3 Å². The third-order valence-electron chi connectivity index (χ3n) is 6.07. The van der Waals surface area contributed by atoms with E-state index in [4.69, 9.17) is 10.1 Å². The summed E-state index contributed by atoms with van der Waals surface area (Å²) in [6.45, 7) is 1.17. The predicted octanol–water partition coefficient (Wildman–Crippen LogP) is 2.67. The molecule has 1 fully saturated rings. The Morgan fingerprint density at radius 2 is 1.79 bits per heavy atom. The summed E-state index contributed by atoms with van der Waals surface area (Å²) in [6, 6.07) is 16.8. The first kappa shape index (κ1) is 19.4. The van der Waals surface area contributed by atoms with E-state index in [0.717, 1.165) is 0 Å². The van der Waals surface area contributed by atoms with Gasteiger partial charge in [0.2, 0.25) is 0 Å². The minimum absolute atomic E-state index is 0.0602. The van der Waals surface area contributed by atoms with E-state index in [1.165, 1.54) is 16.7 Å². The number of nitro groups is 1. The molecule has 3 aromatic heterocycles. The second-order valence-electron chi connectivity index (χ2n) is 8.09. The van der Waals surface area contributed by atoms with Crippen LogP contribution in [0.3, 0.4) is 0 Å². The maximum atomic E-state index is 13.6. The topological polar surface area (TPSA) is 119 Å². The van der Waals surface area contributed by atoms with Crippen LogP contribution in [-0.4, -0.2) is 48.4 Å². The average Bonchev–Trinajstić information content (AvgIpc) is 3.43. The lowest BCUT2D eigenvalue weighted by molar-refractivity contribution is -0.384. The maximum Gasteiger partial charge on any atom is 0.269 e. The Morgan fingerprint density at radius 1 is 1.03 bits per heavy atom. The molecule has 10 heteroatoms. The van der Waals surface area contributed by atoms with E-state index in [0.29, 0.717) is 58.6 Å². The highest BCUT2D eigenvalue weighted by molar-refractivity contribution is 6.04. The fourth-order valence-corrected chi connectivity index (χ4v) is 4.47. The van der Waals surface area contributed by atoms with E-state index in [2.05, 4.69) is 0 Å². The number of aliphatic hydroxyl groups excluding tert-OH is 1. The zero-order valence-corrected chi connectivity index (χ0v) is 17.3. The number of β-amino-alcohol motifs (C(OH)–C–C–N with tert-alkyl or cyclic N) is 1. The van der Waals surface area contributed by atoms with E-state index >= 15 is 0 Å². The van der Waals surface area contributed by atoms with Crippen LogP contribution in [0, 0.1) is 10.1 Å². The van der Waals surface area contributed by atoms with Crippen LogP contribution in [0.5, 0.6) is 0 Å². The SMILES string of the molecule is O=c1c2ccccc2c2nc3ccc(N4CCC(O)C4)nn3c2n1-c1ccc([N+](=O)[O-])cc1. The van der Waals surface area contributed by atoms with E-state index in [9.17, 15) is 20.0 Å². The smallest absolute Gasteiger partial charge is 0.269 e. The summed E-state index contributed by atoms with van der Waals surface area (Å²) in [4.78, 5) is 31.0. The number of imidazole rings is 1. The molecular formula is C23H18N6O4. The first-order chi connectivity index (χ1) is 16.0. The predicted molar refractivity (Wildman–Crippen MR) is 123 cm³/mol. The van der Waals surface area contributed by atoms with Crippen molar-refractivity contribution < 1.29 is 10.0 Å². The van der Waals surface area contributed by atoms with Gasteiger partial charge in [0.25, 0.3) is 11.2 Å². The molecule has 6 rings (SSSR count). The third kappa shape index (κ3) is 2.95. The molecule has 1 aliphatic rings. The van der Waals surface area contributed by atoms with Crippen molar-refractivity contribution in [1.29, 1.82) is 0 Å². The van der Waals surface area contributed by atoms with Gasteiger partial charge in [-0.1, -0.05) is 18.2 Å². The Morgan fingerprint density at radius 3 is 2.48 bits per heavy atom. The molecule has 0 radical (unpaired) electrons. The van der Waals surface area contributed by atoms with E-state index < -0.39 is 11.0 Å². The number of rotatable bonds is 3. The van der Waals surface area contributed by atoms with Crippen LogP contribution in [-0.2, 0) is 0 Å². The summed E-state index contributed by atoms with van der Waals surface area (Å²) in [5.74, 6) is 0.675. The highest BCUT2D eigenvalue weighted by Crippen LogP contribution is 2.27. The normalized spacial score (nSPS) is 16.3. The highest BCUT2D eigenvalue weighted by atomic mass is 16.6. The minimum Gasteiger partial charge on any atom is -0.391 e. The zero-order valence-electron chi connectivity index (χ0n) is 17.3. The van der Waals surface area contributed by atoms with Gasteiger partial charge in [-0.05, 0) is 36.8 Å². The fourth-order valence-electron chi connectivity index (χ4n) is 4.47. The van der Waals surface area contributed by atoms with Gasteiger partial charge >= 0.3 is 0 Å².